The van der Waals surface area contributed by atoms with Crippen LogP contribution in [0.4, 0.5) is 5.69 Å². The molecule has 1 rings (SSSR count). The van der Waals surface area contributed by atoms with E-state index in [1.54, 1.807) is 12.1 Å². The largest absolute Gasteiger partial charge is 0.493 e. The first-order valence-corrected chi connectivity index (χ1v) is 7.15. The van der Waals surface area contributed by atoms with Gasteiger partial charge in [-0.2, -0.15) is 0 Å². The van der Waals surface area contributed by atoms with Crippen LogP contribution in [0.25, 0.3) is 0 Å². The second-order valence-electron chi connectivity index (χ2n) is 4.12. The number of benzene rings is 1. The molecule has 1 aromatic rings. The average Bonchev–Trinajstić information content (AvgIpc) is 2.34. The van der Waals surface area contributed by atoms with Crippen LogP contribution in [-0.4, -0.2) is 24.1 Å². The van der Waals surface area contributed by atoms with Gasteiger partial charge in [-0.15, -0.1) is 0 Å². The molecule has 0 aliphatic rings. The molecule has 7 heteroatoms. The van der Waals surface area contributed by atoms with Gasteiger partial charge in [0.25, 0.3) is 0 Å². The smallest absolute Gasteiger partial charge is 0.303 e. The first-order chi connectivity index (χ1) is 9.43. The number of amides is 1. The van der Waals surface area contributed by atoms with Crippen molar-refractivity contribution in [3.8, 4) is 5.75 Å². The van der Waals surface area contributed by atoms with E-state index in [0.717, 1.165) is 0 Å². The Morgan fingerprint density at radius 1 is 1.35 bits per heavy atom. The molecule has 0 saturated heterocycles. The summed E-state index contributed by atoms with van der Waals surface area (Å²) in [5.41, 5.74) is 0.482. The van der Waals surface area contributed by atoms with E-state index < -0.39 is 5.97 Å². The number of carboxylic acid groups (broad SMARTS) is 1. The van der Waals surface area contributed by atoms with Crippen LogP contribution >= 0.6 is 27.5 Å². The second kappa shape index (κ2) is 8.11. The highest BCUT2D eigenvalue weighted by atomic mass is 79.9. The Kier molecular flexibility index (Phi) is 6.81. The van der Waals surface area contributed by atoms with Crippen LogP contribution in [0.2, 0.25) is 5.02 Å². The van der Waals surface area contributed by atoms with Crippen molar-refractivity contribution in [2.45, 2.75) is 25.7 Å². The number of carbonyl (C=O) groups is 2. The Balaban J connectivity index is 2.59. The summed E-state index contributed by atoms with van der Waals surface area (Å²) in [5.74, 6) is -0.568. The summed E-state index contributed by atoms with van der Waals surface area (Å²) in [6.07, 6.45) is 1.31. The van der Waals surface area contributed by atoms with Crippen LogP contribution in [0.15, 0.2) is 16.6 Å². The first-order valence-electron chi connectivity index (χ1n) is 5.98. The Bertz CT molecular complexity index is 507. The lowest BCUT2D eigenvalue weighted by Crippen LogP contribution is -2.12. The van der Waals surface area contributed by atoms with E-state index in [4.69, 9.17) is 21.4 Å². The van der Waals surface area contributed by atoms with Crippen molar-refractivity contribution in [2.75, 3.05) is 12.4 Å². The van der Waals surface area contributed by atoms with Crippen molar-refractivity contribution >= 4 is 45.1 Å². The highest BCUT2D eigenvalue weighted by molar-refractivity contribution is 9.10. The van der Waals surface area contributed by atoms with Gasteiger partial charge < -0.3 is 15.2 Å². The minimum atomic E-state index is -0.856. The topological polar surface area (TPSA) is 75.6 Å². The van der Waals surface area contributed by atoms with Crippen LogP contribution in [0.1, 0.15) is 25.7 Å². The SMILES string of the molecule is COc1c(Br)cc(Cl)cc1NC(=O)CCCCC(=O)O. The van der Waals surface area contributed by atoms with Gasteiger partial charge in [0, 0.05) is 17.9 Å². The number of hydrogen-bond acceptors (Lipinski definition) is 3. The van der Waals surface area contributed by atoms with E-state index in [2.05, 4.69) is 21.2 Å². The molecule has 0 unspecified atom stereocenters. The number of methoxy groups -OCH3 is 1. The summed E-state index contributed by atoms with van der Waals surface area (Å²) in [6.45, 7) is 0. The fourth-order valence-electron chi connectivity index (χ4n) is 1.64. The third kappa shape index (κ3) is 5.38. The zero-order valence-corrected chi connectivity index (χ0v) is 13.3. The maximum absolute atomic E-state index is 11.8. The molecule has 0 aliphatic carbocycles. The van der Waals surface area contributed by atoms with Crippen LogP contribution < -0.4 is 10.1 Å². The summed E-state index contributed by atoms with van der Waals surface area (Å²) in [7, 11) is 1.50. The molecule has 0 bridgehead atoms. The average molecular weight is 365 g/mol. The number of halogens is 2. The maximum Gasteiger partial charge on any atom is 0.303 e. The summed E-state index contributed by atoms with van der Waals surface area (Å²) in [5, 5.41) is 11.7. The van der Waals surface area contributed by atoms with E-state index in [1.807, 2.05) is 0 Å². The van der Waals surface area contributed by atoms with Gasteiger partial charge in [0.05, 0.1) is 17.3 Å². The van der Waals surface area contributed by atoms with E-state index in [1.165, 1.54) is 7.11 Å². The maximum atomic E-state index is 11.8. The Hall–Kier alpha value is -1.27. The molecule has 0 aliphatic heterocycles. The molecule has 2 N–H and O–H groups in total. The third-order valence-electron chi connectivity index (χ3n) is 2.53. The van der Waals surface area contributed by atoms with Crippen molar-refractivity contribution in [1.82, 2.24) is 0 Å². The molecule has 1 aromatic carbocycles. The van der Waals surface area contributed by atoms with E-state index in [9.17, 15) is 9.59 Å². The molecule has 0 fully saturated rings. The predicted molar refractivity (Wildman–Crippen MR) is 80.4 cm³/mol. The lowest BCUT2D eigenvalue weighted by molar-refractivity contribution is -0.137. The molecule has 0 heterocycles. The normalized spacial score (nSPS) is 10.2. The zero-order valence-electron chi connectivity index (χ0n) is 10.9. The van der Waals surface area contributed by atoms with Crippen molar-refractivity contribution in [3.05, 3.63) is 21.6 Å². The Labute approximate surface area is 130 Å². The van der Waals surface area contributed by atoms with Crippen molar-refractivity contribution in [1.29, 1.82) is 0 Å². The summed E-state index contributed by atoms with van der Waals surface area (Å²) in [6, 6.07) is 3.27. The molecule has 0 spiro atoms. The number of ether oxygens (including phenoxy) is 1. The quantitative estimate of drug-likeness (QED) is 0.723. The van der Waals surface area contributed by atoms with Gasteiger partial charge in [0.2, 0.25) is 5.91 Å². The molecule has 5 nitrogen and oxygen atoms in total. The lowest BCUT2D eigenvalue weighted by atomic mass is 10.2. The monoisotopic (exact) mass is 363 g/mol. The fourth-order valence-corrected chi connectivity index (χ4v) is 2.61. The van der Waals surface area contributed by atoms with E-state index >= 15 is 0 Å². The highest BCUT2D eigenvalue weighted by Gasteiger charge is 2.12. The van der Waals surface area contributed by atoms with Crippen molar-refractivity contribution < 1.29 is 19.4 Å². The van der Waals surface area contributed by atoms with Crippen LogP contribution in [0, 0.1) is 0 Å². The number of carboxylic acids is 1. The first kappa shape index (κ1) is 16.8. The summed E-state index contributed by atoms with van der Waals surface area (Å²) >= 11 is 9.22. The summed E-state index contributed by atoms with van der Waals surface area (Å²) in [4.78, 5) is 22.1. The molecule has 0 radical (unpaired) electrons. The number of anilines is 1. The summed E-state index contributed by atoms with van der Waals surface area (Å²) < 4.78 is 5.84. The molecular formula is C13H15BrClNO4. The number of unbranched alkanes of at least 4 members (excludes halogenated alkanes) is 1. The van der Waals surface area contributed by atoms with Crippen molar-refractivity contribution in [3.63, 3.8) is 0 Å². The van der Waals surface area contributed by atoms with Crippen molar-refractivity contribution in [2.24, 2.45) is 0 Å². The van der Waals surface area contributed by atoms with Crippen LogP contribution in [-0.2, 0) is 9.59 Å². The van der Waals surface area contributed by atoms with Gasteiger partial charge in [-0.1, -0.05) is 11.6 Å². The standard InChI is InChI=1S/C13H15BrClNO4/c1-20-13-9(14)6-8(15)7-10(13)16-11(17)4-2-3-5-12(18)19/h6-7H,2-5H2,1H3,(H,16,17)(H,18,19). The molecular weight excluding hydrogens is 350 g/mol. The predicted octanol–water partition coefficient (Wildman–Crippen LogP) is 3.69. The van der Waals surface area contributed by atoms with E-state index in [-0.39, 0.29) is 18.7 Å². The minimum Gasteiger partial charge on any atom is -0.493 e. The number of hydrogen-bond donors (Lipinski definition) is 2. The molecule has 0 aromatic heterocycles. The van der Waals surface area contributed by atoms with Crippen LogP contribution in [0.3, 0.4) is 0 Å². The molecule has 20 heavy (non-hydrogen) atoms. The van der Waals surface area contributed by atoms with Gasteiger partial charge in [-0.3, -0.25) is 9.59 Å². The minimum absolute atomic E-state index is 0.0688. The third-order valence-corrected chi connectivity index (χ3v) is 3.34. The van der Waals surface area contributed by atoms with Gasteiger partial charge in [0.1, 0.15) is 0 Å². The fraction of sp³-hybridized carbons (Fsp3) is 0.385. The van der Waals surface area contributed by atoms with Crippen LogP contribution in [0.5, 0.6) is 5.75 Å². The molecule has 1 amide bonds. The number of carbonyl (C=O) groups excluding carboxylic acids is 1. The second-order valence-corrected chi connectivity index (χ2v) is 5.41. The number of rotatable bonds is 7. The van der Waals surface area contributed by atoms with Gasteiger partial charge in [0.15, 0.2) is 5.75 Å². The highest BCUT2D eigenvalue weighted by Crippen LogP contribution is 2.36. The number of aliphatic carboxylic acids is 1. The Morgan fingerprint density at radius 3 is 2.60 bits per heavy atom. The molecule has 110 valence electrons. The number of nitrogens with one attached hydrogen (secondary N) is 1. The zero-order chi connectivity index (χ0) is 15.1. The van der Waals surface area contributed by atoms with E-state index in [0.29, 0.717) is 33.8 Å². The van der Waals surface area contributed by atoms with Gasteiger partial charge in [-0.25, -0.2) is 0 Å². The molecule has 0 saturated carbocycles. The Morgan fingerprint density at radius 2 is 2.00 bits per heavy atom. The lowest BCUT2D eigenvalue weighted by Gasteiger charge is -2.12. The van der Waals surface area contributed by atoms with Gasteiger partial charge >= 0.3 is 5.97 Å². The molecule has 0 atom stereocenters. The van der Waals surface area contributed by atoms with Gasteiger partial charge in [-0.05, 0) is 40.9 Å².